The van der Waals surface area contributed by atoms with Gasteiger partial charge in [0.2, 0.25) is 5.91 Å². The zero-order chi connectivity index (χ0) is 21.8. The van der Waals surface area contributed by atoms with Crippen molar-refractivity contribution in [1.82, 2.24) is 24.9 Å². The minimum absolute atomic E-state index is 0.0194. The van der Waals surface area contributed by atoms with Crippen LogP contribution in [0.15, 0.2) is 66.9 Å². The Morgan fingerprint density at radius 1 is 0.968 bits per heavy atom. The first kappa shape index (κ1) is 20.6. The minimum Gasteiger partial charge on any atom is -0.352 e. The molecule has 158 valence electrons. The van der Waals surface area contributed by atoms with E-state index in [4.69, 9.17) is 5.10 Å². The van der Waals surface area contributed by atoms with Gasteiger partial charge in [-0.25, -0.2) is 0 Å². The highest BCUT2D eigenvalue weighted by Crippen LogP contribution is 2.22. The molecule has 0 unspecified atom stereocenters. The summed E-state index contributed by atoms with van der Waals surface area (Å²) in [6.07, 6.45) is 2.35. The second kappa shape index (κ2) is 9.00. The van der Waals surface area contributed by atoms with Crippen molar-refractivity contribution < 1.29 is 4.79 Å². The number of carbonyl (C=O) groups excluding carboxylic acids is 1. The maximum absolute atomic E-state index is 12.7. The van der Waals surface area contributed by atoms with Crippen LogP contribution in [0.3, 0.4) is 0 Å². The van der Waals surface area contributed by atoms with Crippen LogP contribution in [-0.2, 0) is 31.4 Å². The van der Waals surface area contributed by atoms with Gasteiger partial charge in [0.25, 0.3) is 0 Å². The third-order valence-electron chi connectivity index (χ3n) is 5.54. The fourth-order valence-electron chi connectivity index (χ4n) is 3.77. The summed E-state index contributed by atoms with van der Waals surface area (Å²) in [5.41, 5.74) is 7.02. The van der Waals surface area contributed by atoms with Crippen LogP contribution in [-0.4, -0.2) is 25.5 Å². The predicted octanol–water partition coefficient (Wildman–Crippen LogP) is 3.81. The number of rotatable bonds is 7. The highest BCUT2D eigenvalue weighted by molar-refractivity contribution is 5.79. The lowest BCUT2D eigenvalue weighted by Crippen LogP contribution is -2.25. The van der Waals surface area contributed by atoms with E-state index in [9.17, 15) is 4.79 Å². The highest BCUT2D eigenvalue weighted by atomic mass is 16.1. The van der Waals surface area contributed by atoms with Crippen molar-refractivity contribution in [3.63, 3.8) is 0 Å². The Hall–Kier alpha value is -3.67. The molecule has 2 aromatic carbocycles. The summed E-state index contributed by atoms with van der Waals surface area (Å²) >= 11 is 0. The largest absolute Gasteiger partial charge is 0.352 e. The molecule has 0 spiro atoms. The first-order chi connectivity index (χ1) is 15.0. The minimum atomic E-state index is -0.0194. The summed E-state index contributed by atoms with van der Waals surface area (Å²) in [6, 6.07) is 20.3. The summed E-state index contributed by atoms with van der Waals surface area (Å²) in [4.78, 5) is 12.7. The Kier molecular flexibility index (Phi) is 5.98. The van der Waals surface area contributed by atoms with Crippen LogP contribution in [0.2, 0.25) is 0 Å². The number of aryl methyl sites for hydroxylation is 2. The van der Waals surface area contributed by atoms with Crippen LogP contribution < -0.4 is 5.32 Å². The van der Waals surface area contributed by atoms with Gasteiger partial charge in [0.15, 0.2) is 0 Å². The van der Waals surface area contributed by atoms with Gasteiger partial charge in [0.1, 0.15) is 0 Å². The van der Waals surface area contributed by atoms with Crippen LogP contribution in [0.4, 0.5) is 0 Å². The quantitative estimate of drug-likeness (QED) is 0.501. The lowest BCUT2D eigenvalue weighted by atomic mass is 10.1. The van der Waals surface area contributed by atoms with Gasteiger partial charge in [-0.05, 0) is 19.4 Å². The molecule has 6 heteroatoms. The molecule has 0 atom stereocenters. The summed E-state index contributed by atoms with van der Waals surface area (Å²) in [7, 11) is 1.90. The molecule has 0 aliphatic carbocycles. The standard InChI is InChI=1S/C25H27N5O/c1-18-23(19(2)29(3)27-18)14-24(31)26-15-22-17-30(16-20-10-6-4-7-11-20)28-25(22)21-12-8-5-9-13-21/h4-13,17H,14-16H2,1-3H3,(H,26,31). The van der Waals surface area contributed by atoms with Crippen LogP contribution >= 0.6 is 0 Å². The van der Waals surface area contributed by atoms with E-state index in [-0.39, 0.29) is 5.91 Å². The number of aromatic nitrogens is 4. The Balaban J connectivity index is 1.52. The summed E-state index contributed by atoms with van der Waals surface area (Å²) in [5, 5.41) is 12.3. The van der Waals surface area contributed by atoms with Crippen LogP contribution in [0.1, 0.15) is 28.1 Å². The number of carbonyl (C=O) groups is 1. The zero-order valence-corrected chi connectivity index (χ0v) is 18.2. The van der Waals surface area contributed by atoms with Crippen LogP contribution in [0, 0.1) is 13.8 Å². The van der Waals surface area contributed by atoms with Crippen LogP contribution in [0.5, 0.6) is 0 Å². The van der Waals surface area contributed by atoms with E-state index >= 15 is 0 Å². The summed E-state index contributed by atoms with van der Waals surface area (Å²) < 4.78 is 3.76. The smallest absolute Gasteiger partial charge is 0.224 e. The fourth-order valence-corrected chi connectivity index (χ4v) is 3.77. The number of amides is 1. The van der Waals surface area contributed by atoms with E-state index < -0.39 is 0 Å². The Morgan fingerprint density at radius 2 is 1.65 bits per heavy atom. The molecule has 1 amide bonds. The molecule has 1 N–H and O–H groups in total. The van der Waals surface area contributed by atoms with Crippen molar-refractivity contribution in [2.45, 2.75) is 33.4 Å². The average Bonchev–Trinajstić information content (AvgIpc) is 3.29. The van der Waals surface area contributed by atoms with E-state index in [1.807, 2.05) is 85.0 Å². The third-order valence-corrected chi connectivity index (χ3v) is 5.54. The van der Waals surface area contributed by atoms with Gasteiger partial charge in [-0.2, -0.15) is 10.2 Å². The maximum atomic E-state index is 12.7. The van der Waals surface area contributed by atoms with E-state index in [1.54, 1.807) is 0 Å². The third kappa shape index (κ3) is 4.74. The number of nitrogens with one attached hydrogen (secondary N) is 1. The van der Waals surface area contributed by atoms with Crippen LogP contribution in [0.25, 0.3) is 11.3 Å². The van der Waals surface area contributed by atoms with Crippen molar-refractivity contribution in [3.05, 3.63) is 94.9 Å². The molecule has 0 fully saturated rings. The molecule has 4 rings (SSSR count). The van der Waals surface area contributed by atoms with E-state index in [0.717, 1.165) is 33.8 Å². The molecule has 2 heterocycles. The first-order valence-electron chi connectivity index (χ1n) is 10.4. The van der Waals surface area contributed by atoms with Gasteiger partial charge in [-0.3, -0.25) is 14.2 Å². The number of nitrogens with zero attached hydrogens (tertiary/aromatic N) is 4. The molecule has 0 bridgehead atoms. The molecular weight excluding hydrogens is 386 g/mol. The van der Waals surface area contributed by atoms with E-state index in [2.05, 4.69) is 22.5 Å². The predicted molar refractivity (Wildman–Crippen MR) is 121 cm³/mol. The lowest BCUT2D eigenvalue weighted by Gasteiger charge is -2.06. The molecule has 0 radical (unpaired) electrons. The lowest BCUT2D eigenvalue weighted by molar-refractivity contribution is -0.120. The second-order valence-electron chi connectivity index (χ2n) is 7.78. The highest BCUT2D eigenvalue weighted by Gasteiger charge is 2.16. The molecule has 2 aromatic heterocycles. The molecule has 0 aliphatic rings. The van der Waals surface area contributed by atoms with Gasteiger partial charge >= 0.3 is 0 Å². The fraction of sp³-hybridized carbons (Fsp3) is 0.240. The van der Waals surface area contributed by atoms with Gasteiger partial charge < -0.3 is 5.32 Å². The Bertz CT molecular complexity index is 1180. The van der Waals surface area contributed by atoms with Crippen molar-refractivity contribution in [3.8, 4) is 11.3 Å². The molecule has 31 heavy (non-hydrogen) atoms. The van der Waals surface area contributed by atoms with Crippen molar-refractivity contribution in [1.29, 1.82) is 0 Å². The van der Waals surface area contributed by atoms with Crippen molar-refractivity contribution in [2.75, 3.05) is 0 Å². The molecule has 0 saturated heterocycles. The van der Waals surface area contributed by atoms with Crippen molar-refractivity contribution in [2.24, 2.45) is 7.05 Å². The molecule has 0 aliphatic heterocycles. The first-order valence-corrected chi connectivity index (χ1v) is 10.4. The van der Waals surface area contributed by atoms with E-state index in [0.29, 0.717) is 19.5 Å². The molecular formula is C25H27N5O. The van der Waals surface area contributed by atoms with E-state index in [1.165, 1.54) is 5.56 Å². The van der Waals surface area contributed by atoms with Gasteiger partial charge in [-0.15, -0.1) is 0 Å². The Morgan fingerprint density at radius 3 is 2.29 bits per heavy atom. The zero-order valence-electron chi connectivity index (χ0n) is 18.2. The summed E-state index contributed by atoms with van der Waals surface area (Å²) in [5.74, 6) is -0.0194. The topological polar surface area (TPSA) is 64.7 Å². The van der Waals surface area contributed by atoms with Gasteiger partial charge in [-0.1, -0.05) is 60.7 Å². The maximum Gasteiger partial charge on any atom is 0.224 e. The Labute approximate surface area is 182 Å². The average molecular weight is 414 g/mol. The number of benzene rings is 2. The normalized spacial score (nSPS) is 10.9. The second-order valence-corrected chi connectivity index (χ2v) is 7.78. The number of hydrogen-bond acceptors (Lipinski definition) is 3. The summed E-state index contributed by atoms with van der Waals surface area (Å²) in [6.45, 7) is 5.04. The SMILES string of the molecule is Cc1nn(C)c(C)c1CC(=O)NCc1cn(Cc2ccccc2)nc1-c1ccccc1. The number of hydrogen-bond donors (Lipinski definition) is 1. The van der Waals surface area contributed by atoms with Gasteiger partial charge in [0, 0.05) is 42.2 Å². The van der Waals surface area contributed by atoms with Crippen molar-refractivity contribution >= 4 is 5.91 Å². The monoisotopic (exact) mass is 413 g/mol. The molecule has 0 saturated carbocycles. The molecule has 6 nitrogen and oxygen atoms in total. The molecule has 4 aromatic rings. The van der Waals surface area contributed by atoms with Gasteiger partial charge in [0.05, 0.1) is 24.4 Å².